The molecular formula is C20H21N5O. The van der Waals surface area contributed by atoms with Crippen LogP contribution in [-0.4, -0.2) is 32.2 Å². The minimum atomic E-state index is -0.157. The molecule has 0 aliphatic heterocycles. The lowest BCUT2D eigenvalue weighted by molar-refractivity contribution is 0.0949. The number of nitrogens with one attached hydrogen (secondary N) is 2. The van der Waals surface area contributed by atoms with Gasteiger partial charge in [-0.2, -0.15) is 5.10 Å². The number of aryl methyl sites for hydroxylation is 1. The number of carbonyl (C=O) groups excluding carboxylic acids is 1. The fourth-order valence-corrected chi connectivity index (χ4v) is 2.61. The molecule has 2 N–H and O–H groups in total. The second-order valence-electron chi connectivity index (χ2n) is 5.91. The third kappa shape index (κ3) is 3.64. The molecular weight excluding hydrogens is 326 g/mol. The van der Waals surface area contributed by atoms with Crippen LogP contribution in [0.15, 0.2) is 67.0 Å². The first-order valence-corrected chi connectivity index (χ1v) is 8.31. The number of aromatic nitrogens is 4. The molecule has 0 saturated carbocycles. The van der Waals surface area contributed by atoms with Crippen LogP contribution in [0, 0.1) is 0 Å². The SMILES string of the molecule is C=C(/C=C\C=C/C)CNC(=O)c1cc2ccc(-c3cn[nH]c3)nc2n1C. The Hall–Kier alpha value is -3.41. The fourth-order valence-electron chi connectivity index (χ4n) is 2.61. The maximum atomic E-state index is 12.5. The predicted octanol–water partition coefficient (Wildman–Crippen LogP) is 3.38. The molecule has 132 valence electrons. The van der Waals surface area contributed by atoms with E-state index < -0.39 is 0 Å². The van der Waals surface area contributed by atoms with E-state index in [0.29, 0.717) is 12.2 Å². The number of nitrogens with zero attached hydrogens (tertiary/aromatic N) is 3. The van der Waals surface area contributed by atoms with Crippen LogP contribution < -0.4 is 5.32 Å². The van der Waals surface area contributed by atoms with Crippen molar-refractivity contribution >= 4 is 16.9 Å². The molecule has 0 aliphatic rings. The van der Waals surface area contributed by atoms with E-state index in [4.69, 9.17) is 0 Å². The Balaban J connectivity index is 1.78. The molecule has 0 spiro atoms. The molecule has 0 unspecified atom stereocenters. The number of amides is 1. The molecule has 0 atom stereocenters. The van der Waals surface area contributed by atoms with Crippen LogP contribution in [0.5, 0.6) is 0 Å². The van der Waals surface area contributed by atoms with Gasteiger partial charge in [0.2, 0.25) is 0 Å². The highest BCUT2D eigenvalue weighted by Gasteiger charge is 2.15. The molecule has 3 aromatic rings. The van der Waals surface area contributed by atoms with Gasteiger partial charge >= 0.3 is 0 Å². The summed E-state index contributed by atoms with van der Waals surface area (Å²) in [6, 6.07) is 5.72. The van der Waals surface area contributed by atoms with E-state index >= 15 is 0 Å². The topological polar surface area (TPSA) is 75.6 Å². The second kappa shape index (κ2) is 7.65. The van der Waals surface area contributed by atoms with Gasteiger partial charge in [0.05, 0.1) is 11.9 Å². The average molecular weight is 347 g/mol. The van der Waals surface area contributed by atoms with E-state index in [1.807, 2.05) is 56.5 Å². The predicted molar refractivity (Wildman–Crippen MR) is 104 cm³/mol. The Morgan fingerprint density at radius 2 is 2.23 bits per heavy atom. The summed E-state index contributed by atoms with van der Waals surface area (Å²) in [5, 5.41) is 10.5. The summed E-state index contributed by atoms with van der Waals surface area (Å²) in [5.41, 5.74) is 3.85. The number of H-pyrrole nitrogens is 1. The van der Waals surface area contributed by atoms with Crippen molar-refractivity contribution in [1.82, 2.24) is 25.1 Å². The molecule has 0 bridgehead atoms. The monoisotopic (exact) mass is 347 g/mol. The zero-order valence-corrected chi connectivity index (χ0v) is 14.9. The fraction of sp³-hybridized carbons (Fsp3) is 0.150. The first-order valence-electron chi connectivity index (χ1n) is 8.31. The minimum absolute atomic E-state index is 0.157. The zero-order chi connectivity index (χ0) is 18.5. The molecule has 0 radical (unpaired) electrons. The Morgan fingerprint density at radius 1 is 1.38 bits per heavy atom. The summed E-state index contributed by atoms with van der Waals surface area (Å²) in [5.74, 6) is -0.157. The summed E-state index contributed by atoms with van der Waals surface area (Å²) in [6.45, 7) is 6.27. The summed E-state index contributed by atoms with van der Waals surface area (Å²) in [7, 11) is 1.84. The van der Waals surface area contributed by atoms with Crippen molar-refractivity contribution in [2.75, 3.05) is 6.54 Å². The van der Waals surface area contributed by atoms with Gasteiger partial charge < -0.3 is 9.88 Å². The first-order chi connectivity index (χ1) is 12.6. The molecule has 0 aromatic carbocycles. The van der Waals surface area contributed by atoms with Crippen molar-refractivity contribution in [1.29, 1.82) is 0 Å². The lowest BCUT2D eigenvalue weighted by atomic mass is 10.2. The van der Waals surface area contributed by atoms with Gasteiger partial charge in [-0.05, 0) is 30.7 Å². The van der Waals surface area contributed by atoms with Gasteiger partial charge in [-0.15, -0.1) is 0 Å². The van der Waals surface area contributed by atoms with E-state index in [9.17, 15) is 4.79 Å². The van der Waals surface area contributed by atoms with E-state index in [2.05, 4.69) is 27.1 Å². The third-order valence-electron chi connectivity index (χ3n) is 4.01. The van der Waals surface area contributed by atoms with Crippen LogP contribution in [-0.2, 0) is 7.05 Å². The number of aromatic amines is 1. The highest BCUT2D eigenvalue weighted by Crippen LogP contribution is 2.22. The van der Waals surface area contributed by atoms with Crippen LogP contribution in [0.1, 0.15) is 17.4 Å². The van der Waals surface area contributed by atoms with Crippen molar-refractivity contribution in [3.63, 3.8) is 0 Å². The molecule has 1 amide bonds. The molecule has 0 aliphatic carbocycles. The largest absolute Gasteiger partial charge is 0.347 e. The normalized spacial score (nSPS) is 11.6. The average Bonchev–Trinajstić information content (AvgIpc) is 3.28. The van der Waals surface area contributed by atoms with Gasteiger partial charge in [0.25, 0.3) is 5.91 Å². The van der Waals surface area contributed by atoms with Crippen LogP contribution in [0.2, 0.25) is 0 Å². The summed E-state index contributed by atoms with van der Waals surface area (Å²) in [4.78, 5) is 17.2. The Labute approximate surface area is 151 Å². The van der Waals surface area contributed by atoms with E-state index in [-0.39, 0.29) is 5.91 Å². The van der Waals surface area contributed by atoms with Crippen LogP contribution in [0.25, 0.3) is 22.3 Å². The standard InChI is InChI=1S/C20H21N5O/c1-4-5-6-7-14(2)11-21-20(26)18-10-15-8-9-17(16-12-22-23-13-16)24-19(15)25(18)3/h4-10,12-13H,2,11H2,1,3H3,(H,21,26)(H,22,23)/b5-4-,7-6-. The summed E-state index contributed by atoms with van der Waals surface area (Å²) in [6.07, 6.45) is 11.1. The van der Waals surface area contributed by atoms with Crippen molar-refractivity contribution in [2.24, 2.45) is 7.05 Å². The lowest BCUT2D eigenvalue weighted by Gasteiger charge is -2.06. The maximum absolute atomic E-state index is 12.5. The van der Waals surface area contributed by atoms with E-state index in [1.165, 1.54) is 0 Å². The van der Waals surface area contributed by atoms with Gasteiger partial charge in [0.15, 0.2) is 0 Å². The highest BCUT2D eigenvalue weighted by atomic mass is 16.1. The molecule has 6 heteroatoms. The molecule has 3 aromatic heterocycles. The number of hydrogen-bond acceptors (Lipinski definition) is 3. The number of rotatable bonds is 6. The summed E-state index contributed by atoms with van der Waals surface area (Å²) >= 11 is 0. The molecule has 0 saturated heterocycles. The molecule has 3 rings (SSSR count). The Kier molecular flexibility index (Phi) is 5.12. The first kappa shape index (κ1) is 17.4. The smallest absolute Gasteiger partial charge is 0.268 e. The highest BCUT2D eigenvalue weighted by molar-refractivity contribution is 5.98. The third-order valence-corrected chi connectivity index (χ3v) is 4.01. The molecule has 26 heavy (non-hydrogen) atoms. The number of pyridine rings is 1. The summed E-state index contributed by atoms with van der Waals surface area (Å²) < 4.78 is 1.80. The van der Waals surface area contributed by atoms with Crippen molar-refractivity contribution in [2.45, 2.75) is 6.92 Å². The number of hydrogen-bond donors (Lipinski definition) is 2. The molecule has 6 nitrogen and oxygen atoms in total. The Morgan fingerprint density at radius 3 is 2.96 bits per heavy atom. The van der Waals surface area contributed by atoms with Crippen LogP contribution in [0.4, 0.5) is 0 Å². The van der Waals surface area contributed by atoms with Crippen LogP contribution in [0.3, 0.4) is 0 Å². The van der Waals surface area contributed by atoms with Crippen molar-refractivity contribution < 1.29 is 4.79 Å². The van der Waals surface area contributed by atoms with Gasteiger partial charge in [0.1, 0.15) is 11.3 Å². The minimum Gasteiger partial charge on any atom is -0.347 e. The number of fused-ring (bicyclic) bond motifs is 1. The van der Waals surface area contributed by atoms with Gasteiger partial charge in [0, 0.05) is 30.7 Å². The van der Waals surface area contributed by atoms with Gasteiger partial charge in [-0.1, -0.05) is 30.9 Å². The zero-order valence-electron chi connectivity index (χ0n) is 14.9. The van der Waals surface area contributed by atoms with E-state index in [1.54, 1.807) is 17.0 Å². The molecule has 0 fully saturated rings. The maximum Gasteiger partial charge on any atom is 0.268 e. The van der Waals surface area contributed by atoms with Gasteiger partial charge in [-0.3, -0.25) is 9.89 Å². The van der Waals surface area contributed by atoms with Gasteiger partial charge in [-0.25, -0.2) is 4.98 Å². The number of carbonyl (C=O) groups is 1. The lowest BCUT2D eigenvalue weighted by Crippen LogP contribution is -2.26. The Bertz CT molecular complexity index is 993. The molecule has 3 heterocycles. The quantitative estimate of drug-likeness (QED) is 0.671. The second-order valence-corrected chi connectivity index (χ2v) is 5.91. The van der Waals surface area contributed by atoms with Crippen molar-refractivity contribution in [3.8, 4) is 11.3 Å². The van der Waals surface area contributed by atoms with E-state index in [0.717, 1.165) is 27.9 Å². The van der Waals surface area contributed by atoms with Crippen molar-refractivity contribution in [3.05, 3.63) is 72.7 Å². The number of allylic oxidation sites excluding steroid dienone is 3. The van der Waals surface area contributed by atoms with Crippen LogP contribution >= 0.6 is 0 Å².